The van der Waals surface area contributed by atoms with Crippen LogP contribution in [0.1, 0.15) is 22.3 Å². The molecule has 0 heterocycles. The third-order valence-corrected chi connectivity index (χ3v) is 3.35. The number of aryl methyl sites for hydroxylation is 3. The zero-order valence-electron chi connectivity index (χ0n) is 12.6. The molecule has 2 nitrogen and oxygen atoms in total. The Balaban J connectivity index is 1.71. The van der Waals surface area contributed by atoms with Crippen molar-refractivity contribution in [2.24, 2.45) is 0 Å². The molecule has 2 heteroatoms. The van der Waals surface area contributed by atoms with E-state index >= 15 is 0 Å². The lowest BCUT2D eigenvalue weighted by atomic mass is 10.1. The van der Waals surface area contributed by atoms with Gasteiger partial charge in [-0.1, -0.05) is 35.9 Å². The standard InChI is InChI=1S/C18H23NO/c1-14-5-4-6-18(12-14)20-10-9-19-13-17-8-7-15(2)11-16(17)3/h4-8,11-12,19H,9-10,13H2,1-3H3. The summed E-state index contributed by atoms with van der Waals surface area (Å²) in [4.78, 5) is 0. The van der Waals surface area contributed by atoms with Crippen molar-refractivity contribution >= 4 is 0 Å². The van der Waals surface area contributed by atoms with Gasteiger partial charge in [0, 0.05) is 13.1 Å². The molecule has 0 aliphatic heterocycles. The molecule has 0 unspecified atom stereocenters. The lowest BCUT2D eigenvalue weighted by molar-refractivity contribution is 0.313. The maximum absolute atomic E-state index is 5.71. The van der Waals surface area contributed by atoms with Gasteiger partial charge in [-0.25, -0.2) is 0 Å². The Morgan fingerprint density at radius 1 is 0.950 bits per heavy atom. The molecule has 0 aromatic heterocycles. The van der Waals surface area contributed by atoms with E-state index in [2.05, 4.69) is 56.4 Å². The number of rotatable bonds is 6. The van der Waals surface area contributed by atoms with Crippen LogP contribution in [0.15, 0.2) is 42.5 Å². The molecular formula is C18H23NO. The zero-order valence-corrected chi connectivity index (χ0v) is 12.6. The minimum atomic E-state index is 0.689. The fourth-order valence-corrected chi connectivity index (χ4v) is 2.21. The Morgan fingerprint density at radius 3 is 2.50 bits per heavy atom. The Labute approximate surface area is 121 Å². The van der Waals surface area contributed by atoms with Crippen LogP contribution < -0.4 is 10.1 Å². The van der Waals surface area contributed by atoms with Gasteiger partial charge in [-0.3, -0.25) is 0 Å². The maximum Gasteiger partial charge on any atom is 0.119 e. The molecule has 0 aliphatic carbocycles. The average molecular weight is 269 g/mol. The van der Waals surface area contributed by atoms with Gasteiger partial charge in [0.1, 0.15) is 12.4 Å². The van der Waals surface area contributed by atoms with Gasteiger partial charge in [-0.05, 0) is 49.6 Å². The number of nitrogens with one attached hydrogen (secondary N) is 1. The first kappa shape index (κ1) is 14.6. The summed E-state index contributed by atoms with van der Waals surface area (Å²) < 4.78 is 5.71. The summed E-state index contributed by atoms with van der Waals surface area (Å²) in [5, 5.41) is 3.42. The molecule has 2 aromatic rings. The molecule has 0 radical (unpaired) electrons. The van der Waals surface area contributed by atoms with Crippen LogP contribution in [0.3, 0.4) is 0 Å². The van der Waals surface area contributed by atoms with E-state index in [4.69, 9.17) is 4.74 Å². The Kier molecular flexibility index (Phi) is 5.19. The fraction of sp³-hybridized carbons (Fsp3) is 0.333. The molecular weight excluding hydrogens is 246 g/mol. The van der Waals surface area contributed by atoms with Crippen LogP contribution in [0.2, 0.25) is 0 Å². The molecule has 106 valence electrons. The van der Waals surface area contributed by atoms with Crippen molar-refractivity contribution in [2.45, 2.75) is 27.3 Å². The summed E-state index contributed by atoms with van der Waals surface area (Å²) in [5.74, 6) is 0.943. The summed E-state index contributed by atoms with van der Waals surface area (Å²) >= 11 is 0. The summed E-state index contributed by atoms with van der Waals surface area (Å²) in [7, 11) is 0. The van der Waals surface area contributed by atoms with Crippen LogP contribution in [0, 0.1) is 20.8 Å². The highest BCUT2D eigenvalue weighted by molar-refractivity contribution is 5.30. The van der Waals surface area contributed by atoms with Gasteiger partial charge in [-0.2, -0.15) is 0 Å². The molecule has 2 rings (SSSR count). The maximum atomic E-state index is 5.71. The predicted molar refractivity (Wildman–Crippen MR) is 84.3 cm³/mol. The second-order valence-corrected chi connectivity index (χ2v) is 5.27. The Morgan fingerprint density at radius 2 is 1.75 bits per heavy atom. The van der Waals surface area contributed by atoms with Gasteiger partial charge in [0.25, 0.3) is 0 Å². The molecule has 20 heavy (non-hydrogen) atoms. The normalized spacial score (nSPS) is 10.6. The van der Waals surface area contributed by atoms with Gasteiger partial charge < -0.3 is 10.1 Å². The molecule has 0 saturated carbocycles. The number of ether oxygens (including phenoxy) is 1. The first-order valence-corrected chi connectivity index (χ1v) is 7.11. The molecule has 0 bridgehead atoms. The smallest absolute Gasteiger partial charge is 0.119 e. The Bertz CT molecular complexity index is 563. The van der Waals surface area contributed by atoms with Gasteiger partial charge in [0.15, 0.2) is 0 Å². The molecule has 0 atom stereocenters. The SMILES string of the molecule is Cc1cccc(OCCNCc2ccc(C)cc2C)c1. The van der Waals surface area contributed by atoms with Crippen LogP contribution in [0.5, 0.6) is 5.75 Å². The summed E-state index contributed by atoms with van der Waals surface area (Å²) in [6.45, 7) is 8.79. The number of benzene rings is 2. The third-order valence-electron chi connectivity index (χ3n) is 3.35. The largest absolute Gasteiger partial charge is 0.492 e. The van der Waals surface area contributed by atoms with Gasteiger partial charge >= 0.3 is 0 Å². The Hall–Kier alpha value is -1.80. The van der Waals surface area contributed by atoms with Crippen molar-refractivity contribution in [2.75, 3.05) is 13.2 Å². The van der Waals surface area contributed by atoms with Crippen molar-refractivity contribution in [1.82, 2.24) is 5.32 Å². The van der Waals surface area contributed by atoms with Crippen molar-refractivity contribution in [3.63, 3.8) is 0 Å². The fourth-order valence-electron chi connectivity index (χ4n) is 2.21. The molecule has 0 saturated heterocycles. The lowest BCUT2D eigenvalue weighted by Crippen LogP contribution is -2.21. The number of hydrogen-bond acceptors (Lipinski definition) is 2. The molecule has 0 amide bonds. The minimum absolute atomic E-state index is 0.689. The van der Waals surface area contributed by atoms with E-state index in [9.17, 15) is 0 Å². The quantitative estimate of drug-likeness (QED) is 0.806. The first-order valence-electron chi connectivity index (χ1n) is 7.11. The second kappa shape index (κ2) is 7.11. The van der Waals surface area contributed by atoms with Gasteiger partial charge in [0.2, 0.25) is 0 Å². The second-order valence-electron chi connectivity index (χ2n) is 5.27. The molecule has 2 aromatic carbocycles. The highest BCUT2D eigenvalue weighted by Crippen LogP contribution is 2.12. The molecule has 0 aliphatic rings. The molecule has 1 N–H and O–H groups in total. The van der Waals surface area contributed by atoms with E-state index < -0.39 is 0 Å². The van der Waals surface area contributed by atoms with Crippen molar-refractivity contribution in [3.05, 3.63) is 64.7 Å². The van der Waals surface area contributed by atoms with Crippen molar-refractivity contribution in [1.29, 1.82) is 0 Å². The van der Waals surface area contributed by atoms with Crippen LogP contribution in [-0.4, -0.2) is 13.2 Å². The third kappa shape index (κ3) is 4.39. The minimum Gasteiger partial charge on any atom is -0.492 e. The monoisotopic (exact) mass is 269 g/mol. The number of hydrogen-bond donors (Lipinski definition) is 1. The van der Waals surface area contributed by atoms with Crippen LogP contribution >= 0.6 is 0 Å². The molecule has 0 fully saturated rings. The van der Waals surface area contributed by atoms with E-state index in [1.165, 1.54) is 22.3 Å². The summed E-state index contributed by atoms with van der Waals surface area (Å²) in [6.07, 6.45) is 0. The van der Waals surface area contributed by atoms with Crippen LogP contribution in [-0.2, 0) is 6.54 Å². The average Bonchev–Trinajstić information content (AvgIpc) is 2.41. The first-order chi connectivity index (χ1) is 9.65. The van der Waals surface area contributed by atoms with E-state index in [0.717, 1.165) is 18.8 Å². The predicted octanol–water partition coefficient (Wildman–Crippen LogP) is 3.78. The summed E-state index contributed by atoms with van der Waals surface area (Å²) in [6, 6.07) is 14.7. The van der Waals surface area contributed by atoms with Crippen LogP contribution in [0.4, 0.5) is 0 Å². The topological polar surface area (TPSA) is 21.3 Å². The van der Waals surface area contributed by atoms with Crippen molar-refractivity contribution < 1.29 is 4.74 Å². The van der Waals surface area contributed by atoms with Crippen molar-refractivity contribution in [3.8, 4) is 5.75 Å². The lowest BCUT2D eigenvalue weighted by Gasteiger charge is -2.10. The highest BCUT2D eigenvalue weighted by Gasteiger charge is 1.98. The van der Waals surface area contributed by atoms with Gasteiger partial charge in [0.05, 0.1) is 0 Å². The van der Waals surface area contributed by atoms with E-state index in [0.29, 0.717) is 6.61 Å². The zero-order chi connectivity index (χ0) is 14.4. The van der Waals surface area contributed by atoms with E-state index in [1.54, 1.807) is 0 Å². The van der Waals surface area contributed by atoms with E-state index in [-0.39, 0.29) is 0 Å². The van der Waals surface area contributed by atoms with E-state index in [1.807, 2.05) is 12.1 Å². The van der Waals surface area contributed by atoms with Crippen LogP contribution in [0.25, 0.3) is 0 Å². The summed E-state index contributed by atoms with van der Waals surface area (Å²) in [5.41, 5.74) is 5.24. The van der Waals surface area contributed by atoms with Gasteiger partial charge in [-0.15, -0.1) is 0 Å². The molecule has 0 spiro atoms. The highest BCUT2D eigenvalue weighted by atomic mass is 16.5.